The van der Waals surface area contributed by atoms with Crippen LogP contribution in [0.5, 0.6) is 5.75 Å². The minimum absolute atomic E-state index is 0.102. The largest absolute Gasteiger partial charge is 0.477 e. The van der Waals surface area contributed by atoms with E-state index in [0.717, 1.165) is 5.56 Å². The summed E-state index contributed by atoms with van der Waals surface area (Å²) < 4.78 is 5.62. The molecule has 2 aromatic rings. The molecule has 1 aliphatic rings. The first-order valence-electron chi connectivity index (χ1n) is 8.09. The maximum Gasteiger partial charge on any atom is 0.269 e. The van der Waals surface area contributed by atoms with E-state index in [0.29, 0.717) is 23.9 Å². The molecule has 1 aliphatic heterocycles. The molecule has 1 unspecified atom stereocenters. The lowest BCUT2D eigenvalue weighted by Gasteiger charge is -2.32. The van der Waals surface area contributed by atoms with E-state index in [4.69, 9.17) is 10.5 Å². The number of nitrogens with two attached hydrogens (primary N) is 1. The van der Waals surface area contributed by atoms with E-state index >= 15 is 0 Å². The molecule has 2 heterocycles. The minimum Gasteiger partial charge on any atom is -0.477 e. The van der Waals surface area contributed by atoms with Crippen LogP contribution in [0, 0.1) is 0 Å². The van der Waals surface area contributed by atoms with Crippen LogP contribution in [-0.2, 0) is 16.8 Å². The van der Waals surface area contributed by atoms with Crippen LogP contribution in [0.2, 0.25) is 0 Å². The number of carbonyl (C=O) groups excluding carboxylic acids is 1. The zero-order chi connectivity index (χ0) is 17.5. The Morgan fingerprint density at radius 3 is 2.46 bits per heavy atom. The van der Waals surface area contributed by atoms with Crippen molar-refractivity contribution in [1.29, 1.82) is 0 Å². The third kappa shape index (κ3) is 3.07. The number of carbonyl (C=O) groups is 1. The predicted molar refractivity (Wildman–Crippen MR) is 95.1 cm³/mol. The number of nitrogens with zero attached hydrogens (tertiary/aromatic N) is 2. The van der Waals surface area contributed by atoms with Gasteiger partial charge in [0, 0.05) is 0 Å². The summed E-state index contributed by atoms with van der Waals surface area (Å²) in [7, 11) is 0. The zero-order valence-corrected chi connectivity index (χ0v) is 14.5. The highest BCUT2D eigenvalue weighted by Crippen LogP contribution is 2.34. The van der Waals surface area contributed by atoms with Crippen LogP contribution in [0.25, 0.3) is 0 Å². The maximum atomic E-state index is 12.6. The molecule has 0 radical (unpaired) electrons. The number of rotatable bonds is 2. The van der Waals surface area contributed by atoms with E-state index in [9.17, 15) is 4.79 Å². The Morgan fingerprint density at radius 2 is 1.83 bits per heavy atom. The molecule has 0 saturated carbocycles. The van der Waals surface area contributed by atoms with Gasteiger partial charge < -0.3 is 10.5 Å². The summed E-state index contributed by atoms with van der Waals surface area (Å²) in [6.07, 6.45) is -0.531. The first-order valence-corrected chi connectivity index (χ1v) is 8.09. The number of pyridine rings is 1. The van der Waals surface area contributed by atoms with Gasteiger partial charge in [-0.1, -0.05) is 45.0 Å². The molecule has 5 heteroatoms. The SMILES string of the molecule is CC1Oc2ccc(N)nc2N(Cc2ccc(C(C)(C)C)cc2)C1=O. The highest BCUT2D eigenvalue weighted by atomic mass is 16.5. The van der Waals surface area contributed by atoms with Crippen molar-refractivity contribution in [2.75, 3.05) is 10.6 Å². The van der Waals surface area contributed by atoms with Gasteiger partial charge in [0.15, 0.2) is 17.7 Å². The highest BCUT2D eigenvalue weighted by Gasteiger charge is 2.32. The first kappa shape index (κ1) is 16.3. The lowest BCUT2D eigenvalue weighted by Crippen LogP contribution is -2.44. The number of hydrogen-bond donors (Lipinski definition) is 1. The average Bonchev–Trinajstić information content (AvgIpc) is 2.52. The van der Waals surface area contributed by atoms with Gasteiger partial charge in [0.05, 0.1) is 6.54 Å². The summed E-state index contributed by atoms with van der Waals surface area (Å²) in [6, 6.07) is 11.8. The fourth-order valence-electron chi connectivity index (χ4n) is 2.75. The summed E-state index contributed by atoms with van der Waals surface area (Å²) >= 11 is 0. The summed E-state index contributed by atoms with van der Waals surface area (Å²) in [5.41, 5.74) is 8.18. The fourth-order valence-corrected chi connectivity index (χ4v) is 2.75. The molecule has 1 aromatic heterocycles. The number of amides is 1. The summed E-state index contributed by atoms with van der Waals surface area (Å²) in [5, 5.41) is 0. The number of benzene rings is 1. The standard InChI is InChI=1S/C19H23N3O2/c1-12-18(23)22(17-15(24-12)9-10-16(20)21-17)11-13-5-7-14(8-6-13)19(2,3)4/h5-10,12H,11H2,1-4H3,(H2,20,21). The third-order valence-corrected chi connectivity index (χ3v) is 4.19. The van der Waals surface area contributed by atoms with Crippen molar-refractivity contribution in [2.24, 2.45) is 0 Å². The normalized spacial score (nSPS) is 17.4. The van der Waals surface area contributed by atoms with Crippen molar-refractivity contribution in [3.8, 4) is 5.75 Å². The van der Waals surface area contributed by atoms with Gasteiger partial charge in [-0.2, -0.15) is 0 Å². The van der Waals surface area contributed by atoms with Gasteiger partial charge >= 0.3 is 0 Å². The van der Waals surface area contributed by atoms with Crippen LogP contribution in [0.1, 0.15) is 38.8 Å². The van der Waals surface area contributed by atoms with Crippen LogP contribution < -0.4 is 15.4 Å². The molecule has 0 fully saturated rings. The monoisotopic (exact) mass is 325 g/mol. The molecule has 0 saturated heterocycles. The topological polar surface area (TPSA) is 68.5 Å². The molecule has 1 atom stereocenters. The Kier molecular flexibility index (Phi) is 3.95. The van der Waals surface area contributed by atoms with Crippen molar-refractivity contribution < 1.29 is 9.53 Å². The van der Waals surface area contributed by atoms with Gasteiger partial charge in [-0.05, 0) is 35.6 Å². The van der Waals surface area contributed by atoms with Gasteiger partial charge in [0.2, 0.25) is 0 Å². The number of nitrogen functional groups attached to an aromatic ring is 1. The fraction of sp³-hybridized carbons (Fsp3) is 0.368. The van der Waals surface area contributed by atoms with Crippen LogP contribution in [0.4, 0.5) is 11.6 Å². The molecule has 0 aliphatic carbocycles. The lowest BCUT2D eigenvalue weighted by molar-refractivity contribution is -0.125. The molecule has 24 heavy (non-hydrogen) atoms. The molecular weight excluding hydrogens is 302 g/mol. The van der Waals surface area contributed by atoms with Gasteiger partial charge in [-0.25, -0.2) is 4.98 Å². The molecule has 5 nitrogen and oxygen atoms in total. The Hall–Kier alpha value is -2.56. The Balaban J connectivity index is 1.91. The Morgan fingerprint density at radius 1 is 1.17 bits per heavy atom. The van der Waals surface area contributed by atoms with Gasteiger partial charge in [-0.15, -0.1) is 0 Å². The van der Waals surface area contributed by atoms with E-state index in [1.165, 1.54) is 5.56 Å². The second kappa shape index (κ2) is 5.82. The number of ether oxygens (including phenoxy) is 1. The van der Waals surface area contributed by atoms with Gasteiger partial charge in [-0.3, -0.25) is 9.69 Å². The Bertz CT molecular complexity index is 763. The third-order valence-electron chi connectivity index (χ3n) is 4.19. The average molecular weight is 325 g/mol. The Labute approximate surface area is 142 Å². The number of fused-ring (bicyclic) bond motifs is 1. The molecular formula is C19H23N3O2. The first-order chi connectivity index (χ1) is 11.3. The van der Waals surface area contributed by atoms with Crippen LogP contribution in [0.3, 0.4) is 0 Å². The van der Waals surface area contributed by atoms with Crippen molar-refractivity contribution in [2.45, 2.75) is 45.8 Å². The van der Waals surface area contributed by atoms with E-state index in [1.54, 1.807) is 24.0 Å². The van der Waals surface area contributed by atoms with Crippen molar-refractivity contribution in [1.82, 2.24) is 4.98 Å². The summed E-state index contributed by atoms with van der Waals surface area (Å²) in [5.74, 6) is 1.33. The summed E-state index contributed by atoms with van der Waals surface area (Å²) in [4.78, 5) is 18.5. The number of hydrogen-bond acceptors (Lipinski definition) is 4. The number of aromatic nitrogens is 1. The molecule has 3 rings (SSSR count). The zero-order valence-electron chi connectivity index (χ0n) is 14.5. The van der Waals surface area contributed by atoms with E-state index < -0.39 is 6.10 Å². The molecule has 1 aromatic carbocycles. The second-order valence-electron chi connectivity index (χ2n) is 7.19. The van der Waals surface area contributed by atoms with Crippen molar-refractivity contribution in [3.05, 3.63) is 47.5 Å². The minimum atomic E-state index is -0.531. The predicted octanol–water partition coefficient (Wildman–Crippen LogP) is 3.28. The van der Waals surface area contributed by atoms with Gasteiger partial charge in [0.25, 0.3) is 5.91 Å². The smallest absolute Gasteiger partial charge is 0.269 e. The van der Waals surface area contributed by atoms with Crippen molar-refractivity contribution >= 4 is 17.5 Å². The highest BCUT2D eigenvalue weighted by molar-refractivity contribution is 5.98. The van der Waals surface area contributed by atoms with Crippen molar-refractivity contribution in [3.63, 3.8) is 0 Å². The lowest BCUT2D eigenvalue weighted by atomic mass is 9.87. The quantitative estimate of drug-likeness (QED) is 0.920. The van der Waals surface area contributed by atoms with Gasteiger partial charge in [0.1, 0.15) is 5.82 Å². The molecule has 126 valence electrons. The second-order valence-corrected chi connectivity index (χ2v) is 7.19. The van der Waals surface area contributed by atoms with E-state index in [2.05, 4.69) is 50.0 Å². The van der Waals surface area contributed by atoms with E-state index in [-0.39, 0.29) is 11.3 Å². The van der Waals surface area contributed by atoms with E-state index in [1.807, 2.05) is 0 Å². The summed E-state index contributed by atoms with van der Waals surface area (Å²) in [6.45, 7) is 8.73. The molecule has 0 spiro atoms. The maximum absolute atomic E-state index is 12.6. The van der Waals surface area contributed by atoms with Crippen LogP contribution in [0.15, 0.2) is 36.4 Å². The molecule has 1 amide bonds. The number of anilines is 2. The van der Waals surface area contributed by atoms with Crippen LogP contribution >= 0.6 is 0 Å². The molecule has 2 N–H and O–H groups in total. The molecule has 0 bridgehead atoms. The van der Waals surface area contributed by atoms with Crippen LogP contribution in [-0.4, -0.2) is 17.0 Å².